The molecule has 0 saturated heterocycles. The molecule has 250 valence electrons. The van der Waals surface area contributed by atoms with Crippen LogP contribution < -0.4 is 32.3 Å². The van der Waals surface area contributed by atoms with Crippen molar-refractivity contribution in [1.29, 1.82) is 0 Å². The molecule has 0 aromatic carbocycles. The quantitative estimate of drug-likeness (QED) is 0.0559. The number of carbonyl (C=O) groups is 7. The van der Waals surface area contributed by atoms with Gasteiger partial charge < -0.3 is 47.6 Å². The minimum Gasteiger partial charge on any atom is -0.481 e. The van der Waals surface area contributed by atoms with Gasteiger partial charge in [-0.2, -0.15) is 24.4 Å². The normalized spacial score (nSPS) is 14.2. The van der Waals surface area contributed by atoms with Crippen LogP contribution in [-0.2, 0) is 33.6 Å². The fourth-order valence-electron chi connectivity index (χ4n) is 3.64. The number of carboxylic acid groups (broad SMARTS) is 3. The van der Waals surface area contributed by atoms with E-state index in [1.165, 1.54) is 11.8 Å². The van der Waals surface area contributed by atoms with Crippen molar-refractivity contribution in [3.05, 3.63) is 12.3 Å². The number of nitrogens with one attached hydrogen (secondary N) is 5. The third-order valence-corrected chi connectivity index (χ3v) is 7.00. The van der Waals surface area contributed by atoms with E-state index in [0.29, 0.717) is 12.2 Å². The second-order valence-electron chi connectivity index (χ2n) is 10.3. The first-order valence-electron chi connectivity index (χ1n) is 13.7. The molecule has 0 aliphatic carbocycles. The first-order valence-corrected chi connectivity index (χ1v) is 15.7. The number of aliphatic carboxylic acids is 3. The van der Waals surface area contributed by atoms with Crippen LogP contribution in [0.5, 0.6) is 0 Å². The lowest BCUT2D eigenvalue weighted by Gasteiger charge is -2.27. The molecule has 4 amide bonds. The van der Waals surface area contributed by atoms with Gasteiger partial charge in [0, 0.05) is 17.9 Å². The highest BCUT2D eigenvalue weighted by molar-refractivity contribution is 7.98. The molecule has 0 aliphatic rings. The number of thiol groups is 1. The number of rotatable bonds is 23. The van der Waals surface area contributed by atoms with Gasteiger partial charge in [-0.05, 0) is 37.2 Å². The molecule has 0 aliphatic heterocycles. The predicted molar refractivity (Wildman–Crippen MR) is 166 cm³/mol. The van der Waals surface area contributed by atoms with Crippen molar-refractivity contribution in [3.8, 4) is 0 Å². The Morgan fingerprint density at radius 3 is 1.93 bits per heavy atom. The van der Waals surface area contributed by atoms with Crippen LogP contribution in [0.1, 0.15) is 46.0 Å². The number of hydrogen-bond acceptors (Lipinski definition) is 11. The maximum atomic E-state index is 12.9. The largest absolute Gasteiger partial charge is 0.481 e. The highest BCUT2D eigenvalue weighted by atomic mass is 32.2. The van der Waals surface area contributed by atoms with E-state index in [1.807, 2.05) is 6.26 Å². The van der Waals surface area contributed by atoms with E-state index in [2.05, 4.69) is 45.8 Å². The third-order valence-electron chi connectivity index (χ3n) is 5.99. The molecule has 0 unspecified atom stereocenters. The van der Waals surface area contributed by atoms with Crippen molar-refractivity contribution in [1.82, 2.24) is 26.6 Å². The Kier molecular flexibility index (Phi) is 19.5. The van der Waals surface area contributed by atoms with E-state index in [4.69, 9.17) is 15.9 Å². The molecule has 5 atom stereocenters. The summed E-state index contributed by atoms with van der Waals surface area (Å²) in [5.41, 5.74) is 5.83. The van der Waals surface area contributed by atoms with Crippen molar-refractivity contribution < 1.29 is 48.9 Å². The van der Waals surface area contributed by atoms with Gasteiger partial charge >= 0.3 is 17.9 Å². The summed E-state index contributed by atoms with van der Waals surface area (Å²) in [5, 5.41) is 39.9. The first-order chi connectivity index (χ1) is 20.5. The average molecular weight is 665 g/mol. The van der Waals surface area contributed by atoms with Gasteiger partial charge in [-0.1, -0.05) is 20.4 Å². The standard InChI is InChI=1S/C26H44N6O10S2/c1-13(2)9-18(26(41)42)32-25(40)16(5-6-21(34)35)29-14(3)19(12-43)30-20(33)11-28-24(39)17(10-22(36)37)31-23(38)15(27)7-8-44-4/h13,15-19,29,43H,3,5-12,27H2,1-2,4H3,(H,28,39)(H,30,33)(H,31,38)(H,32,40)(H,34,35)(H,36,37)(H,41,42)/t15-,16-,17+,18+,19+/m0/s1. The molecule has 0 aromatic heterocycles. The smallest absolute Gasteiger partial charge is 0.326 e. The summed E-state index contributed by atoms with van der Waals surface area (Å²) in [4.78, 5) is 84.4. The molecule has 16 nitrogen and oxygen atoms in total. The van der Waals surface area contributed by atoms with E-state index >= 15 is 0 Å². The zero-order valence-corrected chi connectivity index (χ0v) is 26.7. The van der Waals surface area contributed by atoms with Gasteiger partial charge in [0.15, 0.2) is 0 Å². The molecule has 10 N–H and O–H groups in total. The van der Waals surface area contributed by atoms with E-state index in [1.54, 1.807) is 13.8 Å². The monoisotopic (exact) mass is 664 g/mol. The summed E-state index contributed by atoms with van der Waals surface area (Å²) in [7, 11) is 0. The van der Waals surface area contributed by atoms with Crippen LogP contribution in [0, 0.1) is 5.92 Å². The Bertz CT molecular complexity index is 1040. The Hall–Kier alpha value is -3.51. The second kappa shape index (κ2) is 21.2. The number of thioether (sulfide) groups is 1. The van der Waals surface area contributed by atoms with Crippen LogP contribution in [0.25, 0.3) is 0 Å². The van der Waals surface area contributed by atoms with E-state index < -0.39 is 91.1 Å². The van der Waals surface area contributed by atoms with E-state index in [9.17, 15) is 38.7 Å². The Labute approximate surface area is 265 Å². The van der Waals surface area contributed by atoms with Crippen LogP contribution in [-0.4, -0.2) is 111 Å². The van der Waals surface area contributed by atoms with Crippen LogP contribution in [0.3, 0.4) is 0 Å². The van der Waals surface area contributed by atoms with Crippen molar-refractivity contribution in [2.75, 3.05) is 24.3 Å². The van der Waals surface area contributed by atoms with E-state index in [-0.39, 0.29) is 30.2 Å². The van der Waals surface area contributed by atoms with Crippen LogP contribution in [0.15, 0.2) is 12.3 Å². The lowest BCUT2D eigenvalue weighted by Crippen LogP contribution is -2.55. The van der Waals surface area contributed by atoms with Gasteiger partial charge in [0.05, 0.1) is 25.0 Å². The number of hydrogen-bond donors (Lipinski definition) is 10. The number of carboxylic acids is 3. The molecular weight excluding hydrogens is 620 g/mol. The second-order valence-corrected chi connectivity index (χ2v) is 11.6. The molecule has 0 heterocycles. The highest BCUT2D eigenvalue weighted by Gasteiger charge is 2.29. The minimum atomic E-state index is -1.50. The average Bonchev–Trinajstić information content (AvgIpc) is 2.93. The van der Waals surface area contributed by atoms with Gasteiger partial charge in [0.1, 0.15) is 18.1 Å². The van der Waals surface area contributed by atoms with E-state index in [0.717, 1.165) is 0 Å². The number of amides is 4. The number of nitrogens with two attached hydrogens (primary N) is 1. The number of carbonyl (C=O) groups excluding carboxylic acids is 4. The van der Waals surface area contributed by atoms with Crippen LogP contribution in [0.2, 0.25) is 0 Å². The van der Waals surface area contributed by atoms with Gasteiger partial charge in [-0.15, -0.1) is 0 Å². The Balaban J connectivity index is 5.38. The maximum Gasteiger partial charge on any atom is 0.326 e. The topological polar surface area (TPSA) is 266 Å². The minimum absolute atomic E-state index is 0.0461. The van der Waals surface area contributed by atoms with Gasteiger partial charge in [0.25, 0.3) is 0 Å². The summed E-state index contributed by atoms with van der Waals surface area (Å²) in [5.74, 6) is -6.54. The summed E-state index contributed by atoms with van der Waals surface area (Å²) >= 11 is 5.62. The molecule has 0 radical (unpaired) electrons. The molecular formula is C26H44N6O10S2. The molecule has 44 heavy (non-hydrogen) atoms. The molecule has 0 rings (SSSR count). The third kappa shape index (κ3) is 17.0. The van der Waals surface area contributed by atoms with Crippen molar-refractivity contribution in [3.63, 3.8) is 0 Å². The van der Waals surface area contributed by atoms with Gasteiger partial charge in [0.2, 0.25) is 23.6 Å². The van der Waals surface area contributed by atoms with Crippen molar-refractivity contribution >= 4 is 65.9 Å². The SMILES string of the molecule is C=C(N[C@@H](CCC(=O)O)C(=O)N[C@H](CC(C)C)C(=O)O)[C@@H](CS)NC(=O)CNC(=O)[C@@H](CC(=O)O)NC(=O)[C@@H](N)CCSC. The van der Waals surface area contributed by atoms with Crippen molar-refractivity contribution in [2.45, 2.75) is 76.2 Å². The molecule has 0 spiro atoms. The zero-order valence-electron chi connectivity index (χ0n) is 25.0. The predicted octanol–water partition coefficient (Wildman–Crippen LogP) is -1.49. The Morgan fingerprint density at radius 2 is 1.43 bits per heavy atom. The highest BCUT2D eigenvalue weighted by Crippen LogP contribution is 2.09. The maximum absolute atomic E-state index is 12.9. The Morgan fingerprint density at radius 1 is 0.818 bits per heavy atom. The first kappa shape index (κ1) is 40.5. The van der Waals surface area contributed by atoms with Crippen LogP contribution >= 0.6 is 24.4 Å². The molecule has 18 heteroatoms. The zero-order chi connectivity index (χ0) is 34.0. The van der Waals surface area contributed by atoms with Gasteiger partial charge in [-0.25, -0.2) is 4.79 Å². The molecule has 0 saturated carbocycles. The van der Waals surface area contributed by atoms with Gasteiger partial charge in [-0.3, -0.25) is 28.8 Å². The molecule has 0 bridgehead atoms. The molecule has 0 fully saturated rings. The molecule has 0 aromatic rings. The fourth-order valence-corrected chi connectivity index (χ4v) is 4.44. The summed E-state index contributed by atoms with van der Waals surface area (Å²) in [6, 6.07) is -5.82. The van der Waals surface area contributed by atoms with Crippen molar-refractivity contribution in [2.24, 2.45) is 11.7 Å². The summed E-state index contributed by atoms with van der Waals surface area (Å²) in [6.07, 6.45) is 0.845. The van der Waals surface area contributed by atoms with Crippen LogP contribution in [0.4, 0.5) is 0 Å². The summed E-state index contributed by atoms with van der Waals surface area (Å²) < 4.78 is 0. The lowest BCUT2D eigenvalue weighted by atomic mass is 10.0. The lowest BCUT2D eigenvalue weighted by molar-refractivity contribution is -0.143. The summed E-state index contributed by atoms with van der Waals surface area (Å²) in [6.45, 7) is 6.71. The fraction of sp³-hybridized carbons (Fsp3) is 0.654.